The van der Waals surface area contributed by atoms with E-state index < -0.39 is 5.72 Å². The van der Waals surface area contributed by atoms with Gasteiger partial charge in [-0.1, -0.05) is 13.0 Å². The predicted octanol–water partition coefficient (Wildman–Crippen LogP) is 0.915. The van der Waals surface area contributed by atoms with Crippen LogP contribution in [0.3, 0.4) is 0 Å². The molecule has 14 heavy (non-hydrogen) atoms. The van der Waals surface area contributed by atoms with Gasteiger partial charge in [-0.2, -0.15) is 0 Å². The van der Waals surface area contributed by atoms with E-state index in [0.717, 1.165) is 0 Å². The molecule has 4 N–H and O–H groups in total. The van der Waals surface area contributed by atoms with Crippen LogP contribution in [0, 0.1) is 0 Å². The van der Waals surface area contributed by atoms with Gasteiger partial charge >= 0.3 is 0 Å². The van der Waals surface area contributed by atoms with E-state index in [0.29, 0.717) is 17.7 Å². The van der Waals surface area contributed by atoms with Gasteiger partial charge < -0.3 is 14.9 Å². The molecule has 1 rings (SSSR count). The summed E-state index contributed by atoms with van der Waals surface area (Å²) in [6.45, 7) is 1.78. The van der Waals surface area contributed by atoms with Crippen LogP contribution in [0.4, 0.5) is 0 Å². The first-order valence-electron chi connectivity index (χ1n) is 4.40. The molecule has 0 heterocycles. The van der Waals surface area contributed by atoms with E-state index in [4.69, 9.17) is 10.5 Å². The van der Waals surface area contributed by atoms with Gasteiger partial charge in [-0.3, -0.25) is 5.73 Å². The van der Waals surface area contributed by atoms with Gasteiger partial charge in [0, 0.05) is 5.56 Å². The van der Waals surface area contributed by atoms with Crippen molar-refractivity contribution in [3.8, 4) is 11.5 Å². The highest BCUT2D eigenvalue weighted by Gasteiger charge is 2.22. The Kier molecular flexibility index (Phi) is 2.98. The predicted molar refractivity (Wildman–Crippen MR) is 53.0 cm³/mol. The fourth-order valence-corrected chi connectivity index (χ4v) is 1.15. The monoisotopic (exact) mass is 197 g/mol. The van der Waals surface area contributed by atoms with Crippen molar-refractivity contribution in [1.29, 1.82) is 0 Å². The highest BCUT2D eigenvalue weighted by molar-refractivity contribution is 5.43. The standard InChI is InChI=1S/C10H15NO3/c1-3-10(11,13)7-4-5-8(12)9(6-7)14-2/h4-6,12-13H,3,11H2,1-2H3. The van der Waals surface area contributed by atoms with Crippen molar-refractivity contribution in [2.24, 2.45) is 5.73 Å². The van der Waals surface area contributed by atoms with Crippen LogP contribution in [0.15, 0.2) is 18.2 Å². The minimum atomic E-state index is -1.37. The van der Waals surface area contributed by atoms with Crippen LogP contribution in [0.1, 0.15) is 18.9 Å². The first-order chi connectivity index (χ1) is 6.51. The molecule has 78 valence electrons. The molecule has 1 unspecified atom stereocenters. The van der Waals surface area contributed by atoms with Gasteiger partial charge in [0.05, 0.1) is 7.11 Å². The maximum atomic E-state index is 9.75. The topological polar surface area (TPSA) is 75.7 Å². The summed E-state index contributed by atoms with van der Waals surface area (Å²) >= 11 is 0. The Morgan fingerprint density at radius 1 is 1.50 bits per heavy atom. The van der Waals surface area contributed by atoms with E-state index in [9.17, 15) is 10.2 Å². The quantitative estimate of drug-likeness (QED) is 0.630. The van der Waals surface area contributed by atoms with Gasteiger partial charge in [-0.05, 0) is 18.6 Å². The summed E-state index contributed by atoms with van der Waals surface area (Å²) in [5.41, 5.74) is 4.78. The second kappa shape index (κ2) is 3.86. The second-order valence-corrected chi connectivity index (χ2v) is 3.16. The lowest BCUT2D eigenvalue weighted by molar-refractivity contribution is 0.0392. The lowest BCUT2D eigenvalue weighted by Gasteiger charge is -2.22. The van der Waals surface area contributed by atoms with Crippen molar-refractivity contribution >= 4 is 0 Å². The van der Waals surface area contributed by atoms with E-state index in [-0.39, 0.29) is 5.75 Å². The zero-order valence-electron chi connectivity index (χ0n) is 8.32. The molecule has 1 aromatic carbocycles. The minimum absolute atomic E-state index is 0.0307. The third-order valence-electron chi connectivity index (χ3n) is 2.22. The summed E-state index contributed by atoms with van der Waals surface area (Å²) in [6.07, 6.45) is 0.390. The number of phenols is 1. The Hall–Kier alpha value is -1.26. The van der Waals surface area contributed by atoms with E-state index in [1.165, 1.54) is 19.2 Å². The zero-order valence-corrected chi connectivity index (χ0v) is 8.32. The van der Waals surface area contributed by atoms with Gasteiger partial charge in [0.15, 0.2) is 11.5 Å². The van der Waals surface area contributed by atoms with E-state index >= 15 is 0 Å². The number of aliphatic hydroxyl groups is 1. The van der Waals surface area contributed by atoms with Crippen molar-refractivity contribution in [2.45, 2.75) is 19.1 Å². The Bertz CT molecular complexity index is 323. The molecule has 4 nitrogen and oxygen atoms in total. The van der Waals surface area contributed by atoms with Crippen LogP contribution in [0.5, 0.6) is 11.5 Å². The molecule has 0 radical (unpaired) electrons. The van der Waals surface area contributed by atoms with Crippen LogP contribution in [0.25, 0.3) is 0 Å². The second-order valence-electron chi connectivity index (χ2n) is 3.16. The number of nitrogens with two attached hydrogens (primary N) is 1. The van der Waals surface area contributed by atoms with Gasteiger partial charge in [0.25, 0.3) is 0 Å². The van der Waals surface area contributed by atoms with Crippen molar-refractivity contribution in [2.75, 3.05) is 7.11 Å². The molecule has 0 saturated carbocycles. The number of hydrogen-bond donors (Lipinski definition) is 3. The Morgan fingerprint density at radius 2 is 2.14 bits per heavy atom. The van der Waals surface area contributed by atoms with Crippen molar-refractivity contribution in [3.05, 3.63) is 23.8 Å². The molecule has 1 aromatic rings. The van der Waals surface area contributed by atoms with Crippen LogP contribution < -0.4 is 10.5 Å². The average molecular weight is 197 g/mol. The molecule has 0 aromatic heterocycles. The molecule has 0 saturated heterocycles. The summed E-state index contributed by atoms with van der Waals surface area (Å²) in [4.78, 5) is 0. The molecule has 0 aliphatic rings. The smallest absolute Gasteiger partial charge is 0.160 e. The van der Waals surface area contributed by atoms with Gasteiger partial charge in [-0.15, -0.1) is 0 Å². The molecule has 0 bridgehead atoms. The molecule has 1 atom stereocenters. The lowest BCUT2D eigenvalue weighted by Crippen LogP contribution is -2.35. The normalized spacial score (nSPS) is 14.9. The molecule has 0 amide bonds. The summed E-state index contributed by atoms with van der Waals surface area (Å²) in [5.74, 6) is 0.336. The molecule has 4 heteroatoms. The molecule has 0 aliphatic heterocycles. The van der Waals surface area contributed by atoms with E-state index in [1.807, 2.05) is 0 Å². The summed E-state index contributed by atoms with van der Waals surface area (Å²) < 4.78 is 4.91. The number of rotatable bonds is 3. The third kappa shape index (κ3) is 1.97. The van der Waals surface area contributed by atoms with Crippen molar-refractivity contribution < 1.29 is 14.9 Å². The van der Waals surface area contributed by atoms with Crippen LogP contribution in [-0.4, -0.2) is 17.3 Å². The summed E-state index contributed by atoms with van der Waals surface area (Å²) in [7, 11) is 1.44. The lowest BCUT2D eigenvalue weighted by atomic mass is 10.0. The van der Waals surface area contributed by atoms with Crippen molar-refractivity contribution in [3.63, 3.8) is 0 Å². The van der Waals surface area contributed by atoms with E-state index in [1.54, 1.807) is 13.0 Å². The van der Waals surface area contributed by atoms with Crippen LogP contribution >= 0.6 is 0 Å². The Morgan fingerprint density at radius 3 is 2.64 bits per heavy atom. The third-order valence-corrected chi connectivity index (χ3v) is 2.22. The van der Waals surface area contributed by atoms with Crippen LogP contribution in [0.2, 0.25) is 0 Å². The average Bonchev–Trinajstić information content (AvgIpc) is 2.18. The summed E-state index contributed by atoms with van der Waals surface area (Å²) in [6, 6.07) is 4.54. The fourth-order valence-electron chi connectivity index (χ4n) is 1.15. The number of aromatic hydroxyl groups is 1. The molecular formula is C10H15NO3. The van der Waals surface area contributed by atoms with Gasteiger partial charge in [0.1, 0.15) is 5.72 Å². The van der Waals surface area contributed by atoms with Gasteiger partial charge in [0.2, 0.25) is 0 Å². The minimum Gasteiger partial charge on any atom is -0.504 e. The molecular weight excluding hydrogens is 182 g/mol. The van der Waals surface area contributed by atoms with Gasteiger partial charge in [-0.25, -0.2) is 0 Å². The first kappa shape index (κ1) is 10.8. The molecule has 0 spiro atoms. The maximum absolute atomic E-state index is 9.75. The SMILES string of the molecule is CCC(N)(O)c1ccc(O)c(OC)c1. The summed E-state index contributed by atoms with van der Waals surface area (Å²) in [5, 5.41) is 19.1. The number of ether oxygens (including phenoxy) is 1. The number of methoxy groups -OCH3 is 1. The Balaban J connectivity index is 3.12. The Labute approximate surface area is 82.9 Å². The van der Waals surface area contributed by atoms with E-state index in [2.05, 4.69) is 0 Å². The highest BCUT2D eigenvalue weighted by atomic mass is 16.5. The zero-order chi connectivity index (χ0) is 10.8. The number of phenolic OH excluding ortho intramolecular Hbond substituents is 1. The number of benzene rings is 1. The first-order valence-corrected chi connectivity index (χ1v) is 4.40. The van der Waals surface area contributed by atoms with Crippen LogP contribution in [-0.2, 0) is 5.72 Å². The molecule has 0 aliphatic carbocycles. The fraction of sp³-hybridized carbons (Fsp3) is 0.400. The molecule has 0 fully saturated rings. The largest absolute Gasteiger partial charge is 0.504 e. The number of hydrogen-bond acceptors (Lipinski definition) is 4. The van der Waals surface area contributed by atoms with Crippen molar-refractivity contribution in [1.82, 2.24) is 0 Å². The maximum Gasteiger partial charge on any atom is 0.160 e. The highest BCUT2D eigenvalue weighted by Crippen LogP contribution is 2.30.